The molecule has 0 unspecified atom stereocenters. The van der Waals surface area contributed by atoms with Crippen molar-refractivity contribution in [2.75, 3.05) is 13.7 Å². The van der Waals surface area contributed by atoms with Crippen LogP contribution < -0.4 is 20.3 Å². The molecule has 0 bridgehead atoms. The van der Waals surface area contributed by atoms with Crippen molar-refractivity contribution >= 4 is 23.4 Å². The smallest absolute Gasteiger partial charge is 0.269 e. The monoisotopic (exact) mass is 390 g/mol. The van der Waals surface area contributed by atoms with Gasteiger partial charge in [-0.05, 0) is 42.7 Å². The fourth-order valence-corrected chi connectivity index (χ4v) is 2.61. The van der Waals surface area contributed by atoms with Crippen molar-refractivity contribution in [2.24, 2.45) is 0 Å². The van der Waals surface area contributed by atoms with Crippen LogP contribution in [-0.4, -0.2) is 25.5 Å². The number of carbonyl (C=O) groups is 2. The Labute approximate surface area is 163 Å². The van der Waals surface area contributed by atoms with Crippen LogP contribution in [0.1, 0.15) is 46.5 Å². The second-order valence-corrected chi connectivity index (χ2v) is 6.20. The van der Waals surface area contributed by atoms with E-state index < -0.39 is 11.8 Å². The number of nitrogens with one attached hydrogen (secondary N) is 2. The molecule has 6 nitrogen and oxygen atoms in total. The van der Waals surface area contributed by atoms with Crippen LogP contribution in [0.4, 0.5) is 0 Å². The Kier molecular flexibility index (Phi) is 7.49. The first kappa shape index (κ1) is 20.6. The molecular weight excluding hydrogens is 368 g/mol. The Bertz CT molecular complexity index is 806. The standard InChI is InChI=1S/C20H23ClN2O4/c1-4-10-27-18-16(21)11-15(12-17(18)26-3)20(25)23-22-19(24)14-8-6-13(5-2)7-9-14/h6-9,11-12H,4-5,10H2,1-3H3,(H,22,24)(H,23,25). The average Bonchev–Trinajstić information content (AvgIpc) is 2.70. The predicted octanol–water partition coefficient (Wildman–Crippen LogP) is 3.77. The lowest BCUT2D eigenvalue weighted by Crippen LogP contribution is -2.41. The lowest BCUT2D eigenvalue weighted by molar-refractivity contribution is 0.0846. The second-order valence-electron chi connectivity index (χ2n) is 5.80. The minimum absolute atomic E-state index is 0.238. The van der Waals surface area contributed by atoms with Crippen LogP contribution in [0.2, 0.25) is 5.02 Å². The Hall–Kier alpha value is -2.73. The molecule has 2 rings (SSSR count). The molecule has 2 amide bonds. The number of hydrogen-bond acceptors (Lipinski definition) is 4. The number of hydrazine groups is 1. The largest absolute Gasteiger partial charge is 0.493 e. The van der Waals surface area contributed by atoms with Crippen LogP contribution >= 0.6 is 11.6 Å². The molecule has 0 aliphatic heterocycles. The molecule has 7 heteroatoms. The Morgan fingerprint density at radius 3 is 2.19 bits per heavy atom. The molecule has 2 aromatic carbocycles. The van der Waals surface area contributed by atoms with Crippen molar-refractivity contribution in [1.82, 2.24) is 10.9 Å². The Balaban J connectivity index is 2.06. The number of benzene rings is 2. The second kappa shape index (κ2) is 9.83. The van der Waals surface area contributed by atoms with Gasteiger partial charge in [-0.2, -0.15) is 0 Å². The van der Waals surface area contributed by atoms with Crippen molar-refractivity contribution in [3.8, 4) is 11.5 Å². The van der Waals surface area contributed by atoms with E-state index in [4.69, 9.17) is 21.1 Å². The highest BCUT2D eigenvalue weighted by molar-refractivity contribution is 6.32. The van der Waals surface area contributed by atoms with Gasteiger partial charge in [0.2, 0.25) is 0 Å². The summed E-state index contributed by atoms with van der Waals surface area (Å²) in [6.07, 6.45) is 1.70. The molecule has 0 aliphatic rings. The molecule has 144 valence electrons. The molecule has 0 saturated carbocycles. The maximum Gasteiger partial charge on any atom is 0.269 e. The zero-order chi connectivity index (χ0) is 19.8. The number of carbonyl (C=O) groups excluding carboxylic acids is 2. The first-order valence-electron chi connectivity index (χ1n) is 8.70. The maximum atomic E-state index is 12.3. The zero-order valence-corrected chi connectivity index (χ0v) is 16.4. The fourth-order valence-electron chi connectivity index (χ4n) is 2.34. The molecule has 0 fully saturated rings. The zero-order valence-electron chi connectivity index (χ0n) is 15.6. The van der Waals surface area contributed by atoms with Gasteiger partial charge in [-0.3, -0.25) is 20.4 Å². The number of amides is 2. The number of rotatable bonds is 7. The summed E-state index contributed by atoms with van der Waals surface area (Å²) in [5.74, 6) is -0.192. The third kappa shape index (κ3) is 5.37. The topological polar surface area (TPSA) is 76.7 Å². The lowest BCUT2D eigenvalue weighted by atomic mass is 10.1. The molecular formula is C20H23ClN2O4. The highest BCUT2D eigenvalue weighted by Gasteiger charge is 2.16. The number of hydrogen-bond donors (Lipinski definition) is 2. The molecule has 2 N–H and O–H groups in total. The molecule has 0 atom stereocenters. The number of halogens is 1. The van der Waals surface area contributed by atoms with Crippen molar-refractivity contribution in [3.63, 3.8) is 0 Å². The highest BCUT2D eigenvalue weighted by atomic mass is 35.5. The molecule has 0 spiro atoms. The SMILES string of the molecule is CCCOc1c(Cl)cc(C(=O)NNC(=O)c2ccc(CC)cc2)cc1OC. The van der Waals surface area contributed by atoms with Gasteiger partial charge in [0.25, 0.3) is 11.8 Å². The van der Waals surface area contributed by atoms with E-state index in [0.29, 0.717) is 23.7 Å². The molecule has 0 heterocycles. The van der Waals surface area contributed by atoms with Crippen LogP contribution in [-0.2, 0) is 6.42 Å². The van der Waals surface area contributed by atoms with E-state index >= 15 is 0 Å². The first-order chi connectivity index (χ1) is 13.0. The normalized spacial score (nSPS) is 10.2. The minimum Gasteiger partial charge on any atom is -0.493 e. The van der Waals surface area contributed by atoms with Crippen LogP contribution in [0, 0.1) is 0 Å². The van der Waals surface area contributed by atoms with E-state index in [1.807, 2.05) is 26.0 Å². The van der Waals surface area contributed by atoms with Crippen LogP contribution in [0.25, 0.3) is 0 Å². The average molecular weight is 391 g/mol. The summed E-state index contributed by atoms with van der Waals surface area (Å²) in [6.45, 7) is 4.49. The summed E-state index contributed by atoms with van der Waals surface area (Å²) in [5.41, 5.74) is 6.58. The van der Waals surface area contributed by atoms with Gasteiger partial charge in [0.15, 0.2) is 11.5 Å². The quantitative estimate of drug-likeness (QED) is 0.705. The first-order valence-corrected chi connectivity index (χ1v) is 9.07. The van der Waals surface area contributed by atoms with Gasteiger partial charge in [0.05, 0.1) is 18.7 Å². The summed E-state index contributed by atoms with van der Waals surface area (Å²) >= 11 is 6.21. The molecule has 0 saturated heterocycles. The number of ether oxygens (including phenoxy) is 2. The highest BCUT2D eigenvalue weighted by Crippen LogP contribution is 2.36. The van der Waals surface area contributed by atoms with Crippen molar-refractivity contribution in [2.45, 2.75) is 26.7 Å². The van der Waals surface area contributed by atoms with Crippen molar-refractivity contribution in [1.29, 1.82) is 0 Å². The van der Waals surface area contributed by atoms with Crippen molar-refractivity contribution in [3.05, 3.63) is 58.1 Å². The van der Waals surface area contributed by atoms with E-state index in [9.17, 15) is 9.59 Å². The number of methoxy groups -OCH3 is 1. The minimum atomic E-state index is -0.518. The van der Waals surface area contributed by atoms with Crippen LogP contribution in [0.5, 0.6) is 11.5 Å². The van der Waals surface area contributed by atoms with Crippen LogP contribution in [0.15, 0.2) is 36.4 Å². The molecule has 0 radical (unpaired) electrons. The maximum absolute atomic E-state index is 12.3. The summed E-state index contributed by atoms with van der Waals surface area (Å²) in [4.78, 5) is 24.5. The van der Waals surface area contributed by atoms with Gasteiger partial charge in [0.1, 0.15) is 0 Å². The summed E-state index contributed by atoms with van der Waals surface area (Å²) < 4.78 is 10.8. The van der Waals surface area contributed by atoms with Gasteiger partial charge in [-0.1, -0.05) is 37.6 Å². The predicted molar refractivity (Wildman–Crippen MR) is 105 cm³/mol. The number of aryl methyl sites for hydroxylation is 1. The third-order valence-corrected chi connectivity index (χ3v) is 4.14. The van der Waals surface area contributed by atoms with E-state index in [1.54, 1.807) is 12.1 Å². The fraction of sp³-hybridized carbons (Fsp3) is 0.300. The van der Waals surface area contributed by atoms with E-state index in [-0.39, 0.29) is 10.6 Å². The third-order valence-electron chi connectivity index (χ3n) is 3.86. The Morgan fingerprint density at radius 2 is 1.63 bits per heavy atom. The van der Waals surface area contributed by atoms with Gasteiger partial charge in [0, 0.05) is 11.1 Å². The Morgan fingerprint density at radius 1 is 1.00 bits per heavy atom. The molecule has 2 aromatic rings. The van der Waals surface area contributed by atoms with Crippen LogP contribution in [0.3, 0.4) is 0 Å². The summed E-state index contributed by atoms with van der Waals surface area (Å²) in [5, 5.41) is 0.259. The van der Waals surface area contributed by atoms with E-state index in [1.165, 1.54) is 19.2 Å². The van der Waals surface area contributed by atoms with Gasteiger partial charge in [-0.15, -0.1) is 0 Å². The van der Waals surface area contributed by atoms with E-state index in [0.717, 1.165) is 18.4 Å². The summed E-state index contributed by atoms with van der Waals surface area (Å²) in [6, 6.07) is 10.1. The molecule has 0 aromatic heterocycles. The van der Waals surface area contributed by atoms with Crippen molar-refractivity contribution < 1.29 is 19.1 Å². The van der Waals surface area contributed by atoms with E-state index in [2.05, 4.69) is 10.9 Å². The summed E-state index contributed by atoms with van der Waals surface area (Å²) in [7, 11) is 1.47. The van der Waals surface area contributed by atoms with Gasteiger partial charge in [-0.25, -0.2) is 0 Å². The molecule has 0 aliphatic carbocycles. The molecule has 27 heavy (non-hydrogen) atoms. The van der Waals surface area contributed by atoms with Gasteiger partial charge >= 0.3 is 0 Å². The van der Waals surface area contributed by atoms with Gasteiger partial charge < -0.3 is 9.47 Å². The lowest BCUT2D eigenvalue weighted by Gasteiger charge is -2.14.